The largest absolute Gasteiger partial charge is 0.508 e. The van der Waals surface area contributed by atoms with Gasteiger partial charge in [0.1, 0.15) is 5.75 Å². The summed E-state index contributed by atoms with van der Waals surface area (Å²) in [6, 6.07) is 10.8. The molecule has 1 aliphatic heterocycles. The van der Waals surface area contributed by atoms with Crippen molar-refractivity contribution in [2.75, 3.05) is 20.3 Å². The number of phenolic OH excluding ortho intramolecular Hbond substituents is 1. The first kappa shape index (κ1) is 16.8. The standard InChI is InChI=1S/C19H19N3O3S/c1-25-9-4-8-22-18(12-5-2-6-13(23)11-12)15-16(14-7-3-10-26-14)20-21-17(15)19(22)24/h2-3,5-7,10-11,18,23H,4,8-9H2,1H3,(H,20,21). The first-order valence-electron chi connectivity index (χ1n) is 8.41. The van der Waals surface area contributed by atoms with Crippen molar-refractivity contribution in [3.8, 4) is 16.3 Å². The van der Waals surface area contributed by atoms with Gasteiger partial charge >= 0.3 is 0 Å². The number of aromatic nitrogens is 2. The van der Waals surface area contributed by atoms with E-state index < -0.39 is 0 Å². The molecular weight excluding hydrogens is 350 g/mol. The number of methoxy groups -OCH3 is 1. The van der Waals surface area contributed by atoms with E-state index in [4.69, 9.17) is 4.74 Å². The smallest absolute Gasteiger partial charge is 0.275 e. The van der Waals surface area contributed by atoms with Crippen LogP contribution in [0.1, 0.15) is 34.1 Å². The summed E-state index contributed by atoms with van der Waals surface area (Å²) in [5, 5.41) is 19.3. The number of hydrogen-bond acceptors (Lipinski definition) is 5. The summed E-state index contributed by atoms with van der Waals surface area (Å²) >= 11 is 1.60. The molecule has 7 heteroatoms. The maximum Gasteiger partial charge on any atom is 0.275 e. The fraction of sp³-hybridized carbons (Fsp3) is 0.263. The van der Waals surface area contributed by atoms with Gasteiger partial charge in [-0.1, -0.05) is 18.2 Å². The number of carbonyl (C=O) groups excluding carboxylic acids is 1. The summed E-state index contributed by atoms with van der Waals surface area (Å²) in [6.45, 7) is 1.14. The Hall–Kier alpha value is -2.64. The Labute approximate surface area is 155 Å². The Morgan fingerprint density at radius 1 is 1.35 bits per heavy atom. The number of amides is 1. The first-order chi connectivity index (χ1) is 12.7. The zero-order chi connectivity index (χ0) is 18.1. The molecule has 3 aromatic rings. The van der Waals surface area contributed by atoms with E-state index in [1.165, 1.54) is 0 Å². The van der Waals surface area contributed by atoms with Crippen LogP contribution in [0, 0.1) is 0 Å². The molecule has 0 bridgehead atoms. The molecule has 0 fully saturated rings. The van der Waals surface area contributed by atoms with Crippen molar-refractivity contribution in [2.24, 2.45) is 0 Å². The van der Waals surface area contributed by atoms with Crippen LogP contribution < -0.4 is 0 Å². The number of carbonyl (C=O) groups is 1. The number of hydrogen-bond donors (Lipinski definition) is 2. The monoisotopic (exact) mass is 369 g/mol. The molecule has 2 N–H and O–H groups in total. The van der Waals surface area contributed by atoms with E-state index in [0.29, 0.717) is 18.8 Å². The van der Waals surface area contributed by atoms with Crippen molar-refractivity contribution >= 4 is 17.2 Å². The summed E-state index contributed by atoms with van der Waals surface area (Å²) in [5.74, 6) is 0.0879. The van der Waals surface area contributed by atoms with E-state index in [2.05, 4.69) is 10.2 Å². The van der Waals surface area contributed by atoms with Gasteiger partial charge in [-0.15, -0.1) is 11.3 Å². The lowest BCUT2D eigenvalue weighted by atomic mass is 9.98. The second-order valence-corrected chi connectivity index (χ2v) is 7.13. The van der Waals surface area contributed by atoms with Gasteiger partial charge in [-0.3, -0.25) is 9.89 Å². The predicted octanol–water partition coefficient (Wildman–Crippen LogP) is 3.43. The van der Waals surface area contributed by atoms with Gasteiger partial charge in [0.15, 0.2) is 5.69 Å². The van der Waals surface area contributed by atoms with E-state index in [1.54, 1.807) is 36.6 Å². The van der Waals surface area contributed by atoms with E-state index in [0.717, 1.165) is 28.1 Å². The average molecular weight is 369 g/mol. The lowest BCUT2D eigenvalue weighted by molar-refractivity contribution is 0.0723. The van der Waals surface area contributed by atoms with Crippen LogP contribution in [0.15, 0.2) is 41.8 Å². The number of fused-ring (bicyclic) bond motifs is 1. The molecule has 0 spiro atoms. The molecule has 1 aromatic carbocycles. The van der Waals surface area contributed by atoms with Crippen LogP contribution in [-0.4, -0.2) is 46.4 Å². The van der Waals surface area contributed by atoms with Gasteiger partial charge in [-0.05, 0) is 35.6 Å². The van der Waals surface area contributed by atoms with Crippen LogP contribution in [0.4, 0.5) is 0 Å². The maximum absolute atomic E-state index is 13.0. The zero-order valence-corrected chi connectivity index (χ0v) is 15.1. The number of aromatic hydroxyl groups is 1. The zero-order valence-electron chi connectivity index (χ0n) is 14.3. The molecule has 26 heavy (non-hydrogen) atoms. The van der Waals surface area contributed by atoms with Gasteiger partial charge in [0.25, 0.3) is 5.91 Å². The Balaban J connectivity index is 1.81. The quantitative estimate of drug-likeness (QED) is 0.653. The Bertz CT molecular complexity index is 920. The van der Waals surface area contributed by atoms with E-state index in [1.807, 2.05) is 28.5 Å². The van der Waals surface area contributed by atoms with Crippen molar-refractivity contribution in [3.05, 3.63) is 58.6 Å². The summed E-state index contributed by atoms with van der Waals surface area (Å²) in [5.41, 5.74) is 3.07. The second kappa shape index (κ2) is 6.93. The molecule has 6 nitrogen and oxygen atoms in total. The highest BCUT2D eigenvalue weighted by Crippen LogP contribution is 2.44. The average Bonchev–Trinajstić information content (AvgIpc) is 3.34. The molecule has 0 saturated carbocycles. The number of rotatable bonds is 6. The van der Waals surface area contributed by atoms with Crippen LogP contribution in [0.25, 0.3) is 10.6 Å². The van der Waals surface area contributed by atoms with Crippen molar-refractivity contribution in [2.45, 2.75) is 12.5 Å². The number of H-pyrrole nitrogens is 1. The maximum atomic E-state index is 13.0. The van der Waals surface area contributed by atoms with Crippen LogP contribution in [0.3, 0.4) is 0 Å². The van der Waals surface area contributed by atoms with Gasteiger partial charge in [0, 0.05) is 25.8 Å². The van der Waals surface area contributed by atoms with Crippen LogP contribution >= 0.6 is 11.3 Å². The van der Waals surface area contributed by atoms with Gasteiger partial charge in [0.2, 0.25) is 0 Å². The minimum absolute atomic E-state index is 0.0940. The van der Waals surface area contributed by atoms with Gasteiger partial charge in [-0.2, -0.15) is 5.10 Å². The highest BCUT2D eigenvalue weighted by atomic mass is 32.1. The molecule has 3 heterocycles. The Morgan fingerprint density at radius 3 is 2.96 bits per heavy atom. The van der Waals surface area contributed by atoms with Crippen molar-refractivity contribution in [3.63, 3.8) is 0 Å². The molecule has 134 valence electrons. The summed E-state index contributed by atoms with van der Waals surface area (Å²) in [7, 11) is 1.65. The fourth-order valence-electron chi connectivity index (χ4n) is 3.45. The number of ether oxygens (including phenoxy) is 1. The fourth-order valence-corrected chi connectivity index (χ4v) is 4.18. The number of aromatic amines is 1. The molecule has 0 aliphatic carbocycles. The molecule has 0 radical (unpaired) electrons. The molecule has 2 aromatic heterocycles. The lowest BCUT2D eigenvalue weighted by Crippen LogP contribution is -2.31. The molecule has 1 aliphatic rings. The summed E-state index contributed by atoms with van der Waals surface area (Å²) < 4.78 is 5.14. The molecule has 0 saturated heterocycles. The van der Waals surface area contributed by atoms with Crippen molar-refractivity contribution in [1.29, 1.82) is 0 Å². The minimum Gasteiger partial charge on any atom is -0.508 e. The number of nitrogens with one attached hydrogen (secondary N) is 1. The van der Waals surface area contributed by atoms with Gasteiger partial charge < -0.3 is 14.7 Å². The van der Waals surface area contributed by atoms with Crippen LogP contribution in [-0.2, 0) is 4.74 Å². The number of benzene rings is 1. The molecule has 1 amide bonds. The van der Waals surface area contributed by atoms with E-state index >= 15 is 0 Å². The third-order valence-corrected chi connectivity index (χ3v) is 5.44. The van der Waals surface area contributed by atoms with Crippen molar-refractivity contribution in [1.82, 2.24) is 15.1 Å². The Morgan fingerprint density at radius 2 is 2.23 bits per heavy atom. The SMILES string of the molecule is COCCCN1C(=O)c2n[nH]c(-c3cccs3)c2C1c1cccc(O)c1. The number of nitrogens with zero attached hydrogens (tertiary/aromatic N) is 2. The Kier molecular flexibility index (Phi) is 4.48. The molecule has 1 unspecified atom stereocenters. The predicted molar refractivity (Wildman–Crippen MR) is 99.4 cm³/mol. The van der Waals surface area contributed by atoms with E-state index in [9.17, 15) is 9.90 Å². The number of phenols is 1. The van der Waals surface area contributed by atoms with E-state index in [-0.39, 0.29) is 17.7 Å². The third-order valence-electron chi connectivity index (χ3n) is 4.55. The van der Waals surface area contributed by atoms with Crippen LogP contribution in [0.2, 0.25) is 0 Å². The summed E-state index contributed by atoms with van der Waals surface area (Å²) in [4.78, 5) is 15.8. The highest BCUT2D eigenvalue weighted by molar-refractivity contribution is 7.13. The normalized spacial score (nSPS) is 16.3. The lowest BCUT2D eigenvalue weighted by Gasteiger charge is -2.26. The molecule has 1 atom stereocenters. The first-order valence-corrected chi connectivity index (χ1v) is 9.29. The summed E-state index contributed by atoms with van der Waals surface area (Å²) in [6.07, 6.45) is 0.736. The number of thiophene rings is 1. The molecule has 4 rings (SSSR count). The highest BCUT2D eigenvalue weighted by Gasteiger charge is 2.42. The second-order valence-electron chi connectivity index (χ2n) is 6.18. The van der Waals surface area contributed by atoms with Gasteiger partial charge in [0.05, 0.1) is 16.6 Å². The van der Waals surface area contributed by atoms with Crippen LogP contribution in [0.5, 0.6) is 5.75 Å². The minimum atomic E-state index is -0.280. The molecular formula is C19H19N3O3S. The van der Waals surface area contributed by atoms with Crippen molar-refractivity contribution < 1.29 is 14.6 Å². The third kappa shape index (κ3) is 2.79. The van der Waals surface area contributed by atoms with Gasteiger partial charge in [-0.25, -0.2) is 0 Å². The topological polar surface area (TPSA) is 78.5 Å².